The Labute approximate surface area is 138 Å². The Bertz CT molecular complexity index is 840. The van der Waals surface area contributed by atoms with Crippen LogP contribution in [0.4, 0.5) is 0 Å². The number of carbonyl (C=O) groups is 1. The molecule has 0 bridgehead atoms. The maximum absolute atomic E-state index is 12.5. The fourth-order valence-corrected chi connectivity index (χ4v) is 2.92. The number of rotatable bonds is 2. The van der Waals surface area contributed by atoms with E-state index in [4.69, 9.17) is 9.47 Å². The molecule has 3 N–H and O–H groups in total. The highest BCUT2D eigenvalue weighted by atomic mass is 16.5. The largest absolute Gasteiger partial charge is 0.507 e. The van der Waals surface area contributed by atoms with E-state index in [-0.39, 0.29) is 52.1 Å². The normalized spacial score (nSPS) is 16.5. The molecule has 0 fully saturated rings. The lowest BCUT2D eigenvalue weighted by molar-refractivity contribution is 0.0842. The number of hydrogen-bond donors (Lipinski definition) is 3. The van der Waals surface area contributed by atoms with Crippen molar-refractivity contribution < 1.29 is 29.6 Å². The average Bonchev–Trinajstić information content (AvgIpc) is 2.57. The minimum atomic E-state index is -0.597. The molecule has 1 aliphatic rings. The maximum atomic E-state index is 12.5. The van der Waals surface area contributed by atoms with Gasteiger partial charge in [0.25, 0.3) is 0 Å². The van der Waals surface area contributed by atoms with Gasteiger partial charge in [-0.25, -0.2) is 0 Å². The summed E-state index contributed by atoms with van der Waals surface area (Å²) in [5.74, 6) is -0.157. The van der Waals surface area contributed by atoms with Crippen molar-refractivity contribution in [1.82, 2.24) is 0 Å². The molecule has 1 unspecified atom stereocenters. The molecule has 3 rings (SSSR count). The third kappa shape index (κ3) is 2.31. The average molecular weight is 330 g/mol. The van der Waals surface area contributed by atoms with Crippen molar-refractivity contribution in [3.8, 4) is 28.7 Å². The molecule has 1 atom stereocenters. The Balaban J connectivity index is 2.09. The van der Waals surface area contributed by atoms with Crippen molar-refractivity contribution in [2.45, 2.75) is 26.4 Å². The van der Waals surface area contributed by atoms with Gasteiger partial charge in [-0.15, -0.1) is 0 Å². The topological polar surface area (TPSA) is 96.2 Å². The van der Waals surface area contributed by atoms with Gasteiger partial charge in [-0.1, -0.05) is 6.07 Å². The molecule has 1 heterocycles. The van der Waals surface area contributed by atoms with Crippen LogP contribution in [-0.4, -0.2) is 28.2 Å². The van der Waals surface area contributed by atoms with Gasteiger partial charge in [-0.2, -0.15) is 0 Å². The van der Waals surface area contributed by atoms with Crippen molar-refractivity contribution in [2.24, 2.45) is 0 Å². The first-order valence-electron chi connectivity index (χ1n) is 7.47. The highest BCUT2D eigenvalue weighted by Crippen LogP contribution is 2.47. The van der Waals surface area contributed by atoms with Gasteiger partial charge in [0.05, 0.1) is 13.5 Å². The number of fused-ring (bicyclic) bond motifs is 1. The molecular formula is C18H18O6. The van der Waals surface area contributed by atoms with Gasteiger partial charge in [-0.05, 0) is 31.5 Å². The molecule has 0 aromatic heterocycles. The smallest absolute Gasteiger partial charge is 0.174 e. The molecule has 0 saturated heterocycles. The number of carbonyl (C=O) groups excluding carboxylic acids is 1. The fraction of sp³-hybridized carbons (Fsp3) is 0.278. The van der Waals surface area contributed by atoms with E-state index in [0.717, 1.165) is 0 Å². The van der Waals surface area contributed by atoms with Gasteiger partial charge >= 0.3 is 0 Å². The number of hydrogen-bond acceptors (Lipinski definition) is 6. The molecule has 24 heavy (non-hydrogen) atoms. The van der Waals surface area contributed by atoms with Crippen LogP contribution in [0.1, 0.15) is 39.6 Å². The number of Topliss-reactive ketones (excluding diaryl/α,β-unsaturated/α-hetero) is 1. The van der Waals surface area contributed by atoms with Crippen LogP contribution < -0.4 is 9.47 Å². The Morgan fingerprint density at radius 2 is 1.83 bits per heavy atom. The Kier molecular flexibility index (Phi) is 3.75. The lowest BCUT2D eigenvalue weighted by Gasteiger charge is -2.28. The van der Waals surface area contributed by atoms with Crippen molar-refractivity contribution >= 4 is 5.78 Å². The minimum Gasteiger partial charge on any atom is -0.507 e. The number of aromatic hydroxyl groups is 3. The summed E-state index contributed by atoms with van der Waals surface area (Å²) in [6.45, 7) is 3.18. The van der Waals surface area contributed by atoms with Crippen LogP contribution in [0.2, 0.25) is 0 Å². The summed E-state index contributed by atoms with van der Waals surface area (Å²) in [6, 6.07) is 4.71. The fourth-order valence-electron chi connectivity index (χ4n) is 2.92. The first-order chi connectivity index (χ1) is 11.3. The number of ether oxygens (including phenoxy) is 2. The van der Waals surface area contributed by atoms with Crippen LogP contribution in [0.25, 0.3) is 0 Å². The van der Waals surface area contributed by atoms with Gasteiger partial charge in [0.15, 0.2) is 17.3 Å². The summed E-state index contributed by atoms with van der Waals surface area (Å²) in [5.41, 5.74) is 1.42. The van der Waals surface area contributed by atoms with Crippen LogP contribution in [0, 0.1) is 13.8 Å². The van der Waals surface area contributed by atoms with E-state index in [1.807, 2.05) is 0 Å². The summed E-state index contributed by atoms with van der Waals surface area (Å²) in [5, 5.41) is 30.0. The predicted molar refractivity (Wildman–Crippen MR) is 86.2 cm³/mol. The molecule has 2 aromatic rings. The van der Waals surface area contributed by atoms with Crippen molar-refractivity contribution in [1.29, 1.82) is 0 Å². The van der Waals surface area contributed by atoms with Gasteiger partial charge in [0.2, 0.25) is 0 Å². The second kappa shape index (κ2) is 5.63. The van der Waals surface area contributed by atoms with E-state index < -0.39 is 6.10 Å². The number of benzene rings is 2. The number of ketones is 1. The van der Waals surface area contributed by atoms with Gasteiger partial charge < -0.3 is 24.8 Å². The van der Waals surface area contributed by atoms with Crippen LogP contribution in [0.3, 0.4) is 0 Å². The van der Waals surface area contributed by atoms with Crippen LogP contribution in [0.5, 0.6) is 28.7 Å². The first kappa shape index (κ1) is 16.0. The van der Waals surface area contributed by atoms with Crippen LogP contribution >= 0.6 is 0 Å². The SMILES string of the molecule is COc1cc(C2CC(=O)c3c(O)c(C)c(O)c(C)c3O2)ccc1O. The molecule has 0 radical (unpaired) electrons. The molecule has 1 aliphatic heterocycles. The number of methoxy groups -OCH3 is 1. The third-order valence-electron chi connectivity index (χ3n) is 4.36. The second-order valence-corrected chi connectivity index (χ2v) is 5.82. The molecule has 0 amide bonds. The minimum absolute atomic E-state index is 0.00844. The Hall–Kier alpha value is -2.89. The Morgan fingerprint density at radius 3 is 2.50 bits per heavy atom. The molecule has 2 aromatic carbocycles. The van der Waals surface area contributed by atoms with E-state index in [1.54, 1.807) is 26.0 Å². The number of phenols is 3. The highest BCUT2D eigenvalue weighted by molar-refractivity contribution is 6.03. The summed E-state index contributed by atoms with van der Waals surface area (Å²) in [4.78, 5) is 12.5. The zero-order chi connectivity index (χ0) is 17.6. The second-order valence-electron chi connectivity index (χ2n) is 5.82. The first-order valence-corrected chi connectivity index (χ1v) is 7.47. The van der Waals surface area contributed by atoms with Gasteiger partial charge in [0, 0.05) is 11.1 Å². The zero-order valence-electron chi connectivity index (χ0n) is 13.6. The van der Waals surface area contributed by atoms with E-state index in [9.17, 15) is 20.1 Å². The maximum Gasteiger partial charge on any atom is 0.174 e. The lowest BCUT2D eigenvalue weighted by Crippen LogP contribution is -2.21. The molecule has 0 saturated carbocycles. The zero-order valence-corrected chi connectivity index (χ0v) is 13.6. The predicted octanol–water partition coefficient (Wildman–Crippen LogP) is 3.14. The van der Waals surface area contributed by atoms with Gasteiger partial charge in [0.1, 0.15) is 28.9 Å². The summed E-state index contributed by atoms with van der Waals surface area (Å²) < 4.78 is 11.0. The van der Waals surface area contributed by atoms with Crippen LogP contribution in [-0.2, 0) is 0 Å². The van der Waals surface area contributed by atoms with Gasteiger partial charge in [-0.3, -0.25) is 4.79 Å². The molecule has 0 spiro atoms. The quantitative estimate of drug-likeness (QED) is 0.783. The van der Waals surface area contributed by atoms with Crippen molar-refractivity contribution in [3.63, 3.8) is 0 Å². The molecular weight excluding hydrogens is 312 g/mol. The van der Waals surface area contributed by atoms with Crippen molar-refractivity contribution in [3.05, 3.63) is 40.5 Å². The summed E-state index contributed by atoms with van der Waals surface area (Å²) in [7, 11) is 1.43. The molecule has 0 aliphatic carbocycles. The lowest BCUT2D eigenvalue weighted by atomic mass is 9.91. The van der Waals surface area contributed by atoms with Crippen LogP contribution in [0.15, 0.2) is 18.2 Å². The summed E-state index contributed by atoms with van der Waals surface area (Å²) in [6.07, 6.45) is -0.558. The van der Waals surface area contributed by atoms with E-state index in [1.165, 1.54) is 13.2 Å². The third-order valence-corrected chi connectivity index (χ3v) is 4.36. The molecule has 126 valence electrons. The van der Waals surface area contributed by atoms with E-state index in [2.05, 4.69) is 0 Å². The van der Waals surface area contributed by atoms with E-state index >= 15 is 0 Å². The summed E-state index contributed by atoms with van der Waals surface area (Å²) >= 11 is 0. The molecule has 6 nitrogen and oxygen atoms in total. The standard InChI is InChI=1S/C18H18O6/c1-8-16(21)9(2)18-15(17(8)22)12(20)7-13(24-18)10-4-5-11(19)14(6-10)23-3/h4-6,13,19,21-22H,7H2,1-3H3. The monoisotopic (exact) mass is 330 g/mol. The highest BCUT2D eigenvalue weighted by Gasteiger charge is 2.34. The molecule has 6 heteroatoms. The van der Waals surface area contributed by atoms with E-state index in [0.29, 0.717) is 11.1 Å². The van der Waals surface area contributed by atoms with Crippen molar-refractivity contribution in [2.75, 3.05) is 7.11 Å². The Morgan fingerprint density at radius 1 is 1.12 bits per heavy atom. The number of phenolic OH excluding ortho intramolecular Hbond substituents is 3.